The summed E-state index contributed by atoms with van der Waals surface area (Å²) in [6, 6.07) is 0. The molecule has 2 heterocycles. The highest BCUT2D eigenvalue weighted by atomic mass is 35.5. The first-order chi connectivity index (χ1) is 16.4. The van der Waals surface area contributed by atoms with E-state index >= 15 is 0 Å². The number of halogens is 2. The number of ether oxygens (including phenoxy) is 3. The van der Waals surface area contributed by atoms with Crippen LogP contribution >= 0.6 is 23.2 Å². The zero-order valence-electron chi connectivity index (χ0n) is 22.2. The van der Waals surface area contributed by atoms with E-state index in [4.69, 9.17) is 37.4 Å². The first kappa shape index (κ1) is 25.3. The van der Waals surface area contributed by atoms with Gasteiger partial charge in [-0.25, -0.2) is 0 Å². The number of rotatable bonds is 1. The summed E-state index contributed by atoms with van der Waals surface area (Å²) >= 11 is 14.0. The molecule has 0 aromatic heterocycles. The molecule has 0 aromatic carbocycles. The van der Waals surface area contributed by atoms with Crippen molar-refractivity contribution in [2.24, 2.45) is 52.3 Å². The molecule has 12 atom stereocenters. The second kappa shape index (κ2) is 8.23. The van der Waals surface area contributed by atoms with Crippen LogP contribution in [0.25, 0.3) is 0 Å². The molecule has 0 bridgehead atoms. The smallest absolute Gasteiger partial charge is 0.302 e. The second-order valence-corrected chi connectivity index (χ2v) is 15.4. The average molecular weight is 528 g/mol. The maximum Gasteiger partial charge on any atom is 0.302 e. The molecule has 35 heavy (non-hydrogen) atoms. The fourth-order valence-corrected chi connectivity index (χ4v) is 11.8. The number of fused-ring (bicyclic) bond motifs is 7. The lowest BCUT2D eigenvalue weighted by Crippen LogP contribution is -2.59. The molecule has 0 radical (unpaired) electrons. The van der Waals surface area contributed by atoms with Crippen LogP contribution in [-0.4, -0.2) is 34.9 Å². The third-order valence-electron chi connectivity index (χ3n) is 12.2. The molecule has 6 fully saturated rings. The molecule has 4 aliphatic carbocycles. The number of carbonyl (C=O) groups is 1. The largest absolute Gasteiger partial charge is 0.463 e. The van der Waals surface area contributed by atoms with Gasteiger partial charge < -0.3 is 14.2 Å². The second-order valence-electron chi connectivity index (χ2n) is 13.9. The number of esters is 1. The van der Waals surface area contributed by atoms with Crippen molar-refractivity contribution in [3.8, 4) is 0 Å². The van der Waals surface area contributed by atoms with E-state index in [1.165, 1.54) is 32.1 Å². The summed E-state index contributed by atoms with van der Waals surface area (Å²) in [5, 5.41) is 0. The lowest BCUT2D eigenvalue weighted by molar-refractivity contribution is -0.278. The SMILES string of the molecule is CC(=O)O[C@H]1CC[C@@]2(C)[C@@H](CC[C@@H]3[C@@H]2CC[C@]2(C)[C@@H]4[C@H](C[C@@H]32)O[C@@]2(OC[C@@H](C)CC2(Cl)Cl)[C@H]4C)C1. The number of alkyl halides is 2. The molecular formula is C29H44Cl2O4. The van der Waals surface area contributed by atoms with Gasteiger partial charge in [0, 0.05) is 12.8 Å². The Morgan fingerprint density at radius 2 is 1.71 bits per heavy atom. The fourth-order valence-electron chi connectivity index (χ4n) is 10.8. The Hall–Kier alpha value is -0.0300. The number of carbonyl (C=O) groups excluding carboxylic acids is 1. The number of hydrogen-bond acceptors (Lipinski definition) is 4. The molecule has 0 unspecified atom stereocenters. The minimum absolute atomic E-state index is 0.122. The summed E-state index contributed by atoms with van der Waals surface area (Å²) in [4.78, 5) is 11.6. The third-order valence-corrected chi connectivity index (χ3v) is 13.0. The fraction of sp³-hybridized carbons (Fsp3) is 0.966. The Morgan fingerprint density at radius 1 is 0.971 bits per heavy atom. The Balaban J connectivity index is 1.23. The molecule has 0 N–H and O–H groups in total. The van der Waals surface area contributed by atoms with E-state index in [1.807, 2.05) is 0 Å². The molecule has 6 heteroatoms. The van der Waals surface area contributed by atoms with Gasteiger partial charge in [-0.05, 0) is 104 Å². The van der Waals surface area contributed by atoms with Crippen molar-refractivity contribution in [1.29, 1.82) is 0 Å². The van der Waals surface area contributed by atoms with Gasteiger partial charge in [0.15, 0.2) is 4.33 Å². The normalized spacial score (nSPS) is 56.6. The zero-order valence-corrected chi connectivity index (χ0v) is 23.7. The summed E-state index contributed by atoms with van der Waals surface area (Å²) in [5.41, 5.74) is 0.625. The highest BCUT2D eigenvalue weighted by Crippen LogP contribution is 2.72. The summed E-state index contributed by atoms with van der Waals surface area (Å²) in [6.45, 7) is 11.8. The quantitative estimate of drug-likeness (QED) is 0.268. The standard InChI is InChI=1S/C29H44Cl2O4/c1-16-14-28(30,31)29(33-15-16)17(2)25-24(35-29)13-23-21-7-6-19-12-20(34-18(3)32)8-10-26(19,4)22(21)9-11-27(23,25)5/h16-17,19-25H,6-15H2,1-5H3/t16-,17-,19-,20-,21+,22-,23-,24-,25-,26-,27-,29-/m0/s1. The third kappa shape index (κ3) is 3.47. The molecule has 6 aliphatic rings. The van der Waals surface area contributed by atoms with E-state index in [2.05, 4.69) is 27.7 Å². The lowest BCUT2D eigenvalue weighted by Gasteiger charge is -2.61. The zero-order chi connectivity index (χ0) is 25.0. The molecular weight excluding hydrogens is 483 g/mol. The molecule has 1 spiro atoms. The van der Waals surface area contributed by atoms with Crippen LogP contribution in [0.15, 0.2) is 0 Å². The maximum atomic E-state index is 11.6. The van der Waals surface area contributed by atoms with Crippen molar-refractivity contribution < 1.29 is 19.0 Å². The van der Waals surface area contributed by atoms with E-state index in [-0.39, 0.29) is 29.5 Å². The van der Waals surface area contributed by atoms with Crippen LogP contribution in [0.2, 0.25) is 0 Å². The van der Waals surface area contributed by atoms with Crippen molar-refractivity contribution in [2.45, 2.75) is 115 Å². The van der Waals surface area contributed by atoms with Crippen LogP contribution in [0.4, 0.5) is 0 Å². The molecule has 4 saturated carbocycles. The first-order valence-electron chi connectivity index (χ1n) is 14.3. The first-order valence-corrected chi connectivity index (χ1v) is 15.0. The van der Waals surface area contributed by atoms with Gasteiger partial charge in [0.05, 0.1) is 12.7 Å². The van der Waals surface area contributed by atoms with Crippen molar-refractivity contribution in [1.82, 2.24) is 0 Å². The van der Waals surface area contributed by atoms with E-state index in [1.54, 1.807) is 6.92 Å². The van der Waals surface area contributed by atoms with Crippen molar-refractivity contribution >= 4 is 29.2 Å². The highest BCUT2D eigenvalue weighted by Gasteiger charge is 2.73. The molecule has 6 rings (SSSR count). The predicted octanol–water partition coefficient (Wildman–Crippen LogP) is 7.15. The van der Waals surface area contributed by atoms with Crippen molar-refractivity contribution in [3.63, 3.8) is 0 Å². The van der Waals surface area contributed by atoms with Crippen molar-refractivity contribution in [2.75, 3.05) is 6.61 Å². The van der Waals surface area contributed by atoms with E-state index in [9.17, 15) is 4.79 Å². The van der Waals surface area contributed by atoms with Gasteiger partial charge in [-0.3, -0.25) is 4.79 Å². The maximum absolute atomic E-state index is 11.6. The minimum Gasteiger partial charge on any atom is -0.463 e. The summed E-state index contributed by atoms with van der Waals surface area (Å²) < 4.78 is 18.0. The lowest BCUT2D eigenvalue weighted by atomic mass is 9.44. The average Bonchev–Trinajstić information content (AvgIpc) is 3.22. The Labute approximate surface area is 221 Å². The highest BCUT2D eigenvalue weighted by molar-refractivity contribution is 6.49. The van der Waals surface area contributed by atoms with Gasteiger partial charge in [-0.1, -0.05) is 50.9 Å². The molecule has 0 amide bonds. The van der Waals surface area contributed by atoms with Gasteiger partial charge >= 0.3 is 5.97 Å². The van der Waals surface area contributed by atoms with E-state index in [0.717, 1.165) is 37.5 Å². The van der Waals surface area contributed by atoms with Crippen LogP contribution in [0, 0.1) is 52.3 Å². The van der Waals surface area contributed by atoms with Gasteiger partial charge in [0.2, 0.25) is 5.79 Å². The minimum atomic E-state index is -0.996. The van der Waals surface area contributed by atoms with Crippen molar-refractivity contribution in [3.05, 3.63) is 0 Å². The summed E-state index contributed by atoms with van der Waals surface area (Å²) in [7, 11) is 0. The van der Waals surface area contributed by atoms with Gasteiger partial charge in [-0.15, -0.1) is 0 Å². The predicted molar refractivity (Wildman–Crippen MR) is 137 cm³/mol. The Kier molecular flexibility index (Phi) is 5.94. The van der Waals surface area contributed by atoms with Gasteiger partial charge in [0.25, 0.3) is 0 Å². The molecule has 198 valence electrons. The Bertz CT molecular complexity index is 879. The number of hydrogen-bond donors (Lipinski definition) is 0. The van der Waals surface area contributed by atoms with E-state index in [0.29, 0.717) is 35.7 Å². The van der Waals surface area contributed by atoms with Crippen LogP contribution in [0.1, 0.15) is 92.4 Å². The van der Waals surface area contributed by atoms with Gasteiger partial charge in [0.1, 0.15) is 6.10 Å². The molecule has 2 aliphatic heterocycles. The molecule has 0 aromatic rings. The van der Waals surface area contributed by atoms with Crippen LogP contribution in [-0.2, 0) is 19.0 Å². The Morgan fingerprint density at radius 3 is 2.43 bits per heavy atom. The topological polar surface area (TPSA) is 44.8 Å². The van der Waals surface area contributed by atoms with Gasteiger partial charge in [-0.2, -0.15) is 0 Å². The van der Waals surface area contributed by atoms with E-state index < -0.39 is 10.1 Å². The van der Waals surface area contributed by atoms with Crippen LogP contribution in [0.3, 0.4) is 0 Å². The molecule has 2 saturated heterocycles. The monoisotopic (exact) mass is 526 g/mol. The van der Waals surface area contributed by atoms with Crippen LogP contribution in [0.5, 0.6) is 0 Å². The summed E-state index contributed by atoms with van der Waals surface area (Å²) in [5.74, 6) is 2.89. The molecule has 4 nitrogen and oxygen atoms in total. The summed E-state index contributed by atoms with van der Waals surface area (Å²) in [6.07, 6.45) is 10.6. The van der Waals surface area contributed by atoms with Crippen LogP contribution < -0.4 is 0 Å².